The van der Waals surface area contributed by atoms with Crippen LogP contribution in [0.25, 0.3) is 5.57 Å². The molecule has 0 spiro atoms. The van der Waals surface area contributed by atoms with Crippen molar-refractivity contribution in [3.05, 3.63) is 41.0 Å². The van der Waals surface area contributed by atoms with Crippen molar-refractivity contribution in [2.24, 2.45) is 22.1 Å². The Kier molecular flexibility index (Phi) is 6.23. The number of rotatable bonds is 5. The van der Waals surface area contributed by atoms with Crippen molar-refractivity contribution in [3.63, 3.8) is 0 Å². The maximum absolute atomic E-state index is 12.3. The lowest BCUT2D eigenvalue weighted by Gasteiger charge is -2.34. The molecule has 0 aliphatic carbocycles. The molecule has 0 fully saturated rings. The van der Waals surface area contributed by atoms with Gasteiger partial charge in [-0.05, 0) is 53.5 Å². The molecule has 0 aromatic heterocycles. The van der Waals surface area contributed by atoms with E-state index in [0.29, 0.717) is 6.54 Å². The van der Waals surface area contributed by atoms with E-state index < -0.39 is 5.92 Å². The van der Waals surface area contributed by atoms with Crippen molar-refractivity contribution in [1.29, 1.82) is 0 Å². The number of aliphatic imine (C=N–C) groups is 1. The van der Waals surface area contributed by atoms with Crippen LogP contribution in [0, 0.1) is 18.3 Å². The van der Waals surface area contributed by atoms with Crippen molar-refractivity contribution >= 4 is 28.1 Å². The Balaban J connectivity index is 2.67. The Morgan fingerprint density at radius 1 is 1.24 bits per heavy atom. The van der Waals surface area contributed by atoms with Gasteiger partial charge in [0.15, 0.2) is 0 Å². The van der Waals surface area contributed by atoms with Gasteiger partial charge in [0.25, 0.3) is 0 Å². The molecule has 0 amide bonds. The first kappa shape index (κ1) is 19.9. The summed E-state index contributed by atoms with van der Waals surface area (Å²) in [5, 5.41) is -0.355. The lowest BCUT2D eigenvalue weighted by molar-refractivity contribution is -0.114. The number of hydrogen-bond donors (Lipinski definition) is 1. The van der Waals surface area contributed by atoms with Crippen molar-refractivity contribution < 1.29 is 4.79 Å². The molecular formula is C21H29ClN2O. The minimum absolute atomic E-state index is 0.0910. The molecule has 4 heteroatoms. The summed E-state index contributed by atoms with van der Waals surface area (Å²) in [5.41, 5.74) is 11.4. The molecule has 1 aliphatic rings. The average Bonchev–Trinajstić information content (AvgIpc) is 2.52. The van der Waals surface area contributed by atoms with Crippen LogP contribution in [0.2, 0.25) is 0 Å². The van der Waals surface area contributed by atoms with Crippen LogP contribution in [0.15, 0.2) is 34.8 Å². The Labute approximate surface area is 156 Å². The second-order valence-electron chi connectivity index (χ2n) is 8.03. The van der Waals surface area contributed by atoms with Crippen LogP contribution in [0.4, 0.5) is 0 Å². The third-order valence-corrected chi connectivity index (χ3v) is 4.85. The molecule has 136 valence electrons. The van der Waals surface area contributed by atoms with Crippen molar-refractivity contribution in [2.45, 2.75) is 53.5 Å². The highest BCUT2D eigenvalue weighted by Crippen LogP contribution is 2.39. The van der Waals surface area contributed by atoms with E-state index >= 15 is 0 Å². The summed E-state index contributed by atoms with van der Waals surface area (Å²) in [5.74, 6) is -0.434. The molecule has 0 radical (unpaired) electrons. The maximum atomic E-state index is 12.3. The van der Waals surface area contributed by atoms with Crippen LogP contribution in [-0.4, -0.2) is 23.5 Å². The Morgan fingerprint density at radius 3 is 2.28 bits per heavy atom. The Morgan fingerprint density at radius 2 is 1.84 bits per heavy atom. The second-order valence-corrected chi connectivity index (χ2v) is 8.41. The van der Waals surface area contributed by atoms with E-state index in [1.807, 2.05) is 6.92 Å². The molecular weight excluding hydrogens is 332 g/mol. The van der Waals surface area contributed by atoms with E-state index in [1.165, 1.54) is 5.56 Å². The van der Waals surface area contributed by atoms with Crippen LogP contribution in [0.1, 0.15) is 51.7 Å². The summed E-state index contributed by atoms with van der Waals surface area (Å²) in [6, 6.07) is 8.10. The monoisotopic (exact) mass is 360 g/mol. The first-order chi connectivity index (χ1) is 11.7. The Bertz CT molecular complexity index is 696. The van der Waals surface area contributed by atoms with Gasteiger partial charge in [0.1, 0.15) is 0 Å². The number of hydrogen-bond acceptors (Lipinski definition) is 3. The number of dihydropyridines is 1. The summed E-state index contributed by atoms with van der Waals surface area (Å²) in [4.78, 5) is 17.2. The number of nitrogens with two attached hydrogens (primary N) is 1. The number of aryl methyl sites for hydroxylation is 1. The lowest BCUT2D eigenvalue weighted by atomic mass is 9.76. The number of benzene rings is 1. The van der Waals surface area contributed by atoms with E-state index in [2.05, 4.69) is 52.0 Å². The fourth-order valence-electron chi connectivity index (χ4n) is 3.45. The first-order valence-corrected chi connectivity index (χ1v) is 9.32. The standard InChI is InChI=1S/C21H29ClN2O/c1-6-16-19(20(22)25)18(14-9-7-13(2)8-10-14)15(12-23)17(24-16)11-21(3,4)5/h7-10,16,19H,6,11-12,23H2,1-5H3. The van der Waals surface area contributed by atoms with E-state index in [4.69, 9.17) is 22.3 Å². The minimum atomic E-state index is -0.434. The zero-order valence-electron chi connectivity index (χ0n) is 15.9. The number of carbonyl (C=O) groups excluding carboxylic acids is 1. The van der Waals surface area contributed by atoms with Crippen LogP contribution < -0.4 is 5.73 Å². The fourth-order valence-corrected chi connectivity index (χ4v) is 3.70. The highest BCUT2D eigenvalue weighted by atomic mass is 35.5. The molecule has 0 saturated heterocycles. The molecule has 1 aliphatic heterocycles. The summed E-state index contributed by atoms with van der Waals surface area (Å²) < 4.78 is 0. The smallest absolute Gasteiger partial charge is 0.231 e. The first-order valence-electron chi connectivity index (χ1n) is 8.94. The van der Waals surface area contributed by atoms with Crippen LogP contribution in [0.3, 0.4) is 0 Å². The largest absolute Gasteiger partial charge is 0.326 e. The predicted molar refractivity (Wildman–Crippen MR) is 107 cm³/mol. The molecule has 0 bridgehead atoms. The van der Waals surface area contributed by atoms with Gasteiger partial charge in [-0.25, -0.2) is 0 Å². The molecule has 2 atom stereocenters. The molecule has 1 aromatic carbocycles. The van der Waals surface area contributed by atoms with Crippen LogP contribution in [0.5, 0.6) is 0 Å². The van der Waals surface area contributed by atoms with Crippen molar-refractivity contribution in [2.75, 3.05) is 6.54 Å². The van der Waals surface area contributed by atoms with E-state index in [9.17, 15) is 4.79 Å². The number of halogens is 1. The molecule has 2 unspecified atom stereocenters. The summed E-state index contributed by atoms with van der Waals surface area (Å²) in [7, 11) is 0. The second kappa shape index (κ2) is 7.84. The van der Waals surface area contributed by atoms with Gasteiger partial charge < -0.3 is 5.73 Å². The molecule has 0 saturated carbocycles. The van der Waals surface area contributed by atoms with E-state index in [0.717, 1.165) is 35.3 Å². The van der Waals surface area contributed by atoms with Crippen LogP contribution >= 0.6 is 11.6 Å². The minimum Gasteiger partial charge on any atom is -0.326 e. The molecule has 25 heavy (non-hydrogen) atoms. The van der Waals surface area contributed by atoms with Gasteiger partial charge in [-0.3, -0.25) is 9.79 Å². The molecule has 2 rings (SSSR count). The maximum Gasteiger partial charge on any atom is 0.231 e. The van der Waals surface area contributed by atoms with Gasteiger partial charge in [0.05, 0.1) is 12.0 Å². The zero-order chi connectivity index (χ0) is 18.8. The molecule has 3 nitrogen and oxygen atoms in total. The molecule has 2 N–H and O–H groups in total. The third kappa shape index (κ3) is 4.59. The lowest BCUT2D eigenvalue weighted by Crippen LogP contribution is -2.35. The predicted octanol–water partition coefficient (Wildman–Crippen LogP) is 4.76. The number of nitrogens with zero attached hydrogens (tertiary/aromatic N) is 1. The van der Waals surface area contributed by atoms with Gasteiger partial charge >= 0.3 is 0 Å². The van der Waals surface area contributed by atoms with Crippen molar-refractivity contribution in [3.8, 4) is 0 Å². The normalized spacial score (nSPS) is 21.3. The average molecular weight is 361 g/mol. The van der Waals surface area contributed by atoms with Crippen LogP contribution in [-0.2, 0) is 4.79 Å². The van der Waals surface area contributed by atoms with Gasteiger partial charge in [-0.2, -0.15) is 0 Å². The quantitative estimate of drug-likeness (QED) is 0.769. The number of carbonyl (C=O) groups is 1. The highest BCUT2D eigenvalue weighted by Gasteiger charge is 2.37. The summed E-state index contributed by atoms with van der Waals surface area (Å²) >= 11 is 6.03. The SMILES string of the molecule is CCC1N=C(CC(C)(C)C)C(CN)=C(c2ccc(C)cc2)C1C(=O)Cl. The van der Waals surface area contributed by atoms with E-state index in [1.54, 1.807) is 0 Å². The highest BCUT2D eigenvalue weighted by molar-refractivity contribution is 6.65. The zero-order valence-corrected chi connectivity index (χ0v) is 16.7. The topological polar surface area (TPSA) is 55.4 Å². The van der Waals surface area contributed by atoms with Gasteiger partial charge in [-0.1, -0.05) is 57.5 Å². The van der Waals surface area contributed by atoms with Crippen molar-refractivity contribution in [1.82, 2.24) is 0 Å². The third-order valence-electron chi connectivity index (χ3n) is 4.62. The molecule has 1 aromatic rings. The summed E-state index contributed by atoms with van der Waals surface area (Å²) in [6.07, 6.45) is 1.60. The van der Waals surface area contributed by atoms with Gasteiger partial charge in [-0.15, -0.1) is 0 Å². The van der Waals surface area contributed by atoms with E-state index in [-0.39, 0.29) is 16.7 Å². The van der Waals surface area contributed by atoms with Gasteiger partial charge in [0.2, 0.25) is 5.24 Å². The van der Waals surface area contributed by atoms with Gasteiger partial charge in [0, 0.05) is 12.3 Å². The summed E-state index contributed by atoms with van der Waals surface area (Å²) in [6.45, 7) is 11.0. The molecule has 1 heterocycles. The Hall–Kier alpha value is -1.45. The fraction of sp³-hybridized carbons (Fsp3) is 0.524.